The number of para-hydroxylation sites is 1. The lowest BCUT2D eigenvalue weighted by molar-refractivity contribution is 0.341. The highest BCUT2D eigenvalue weighted by atomic mass is 16.5. The summed E-state index contributed by atoms with van der Waals surface area (Å²) in [5.41, 5.74) is 5.92. The number of aromatic nitrogens is 1. The first-order valence-electron chi connectivity index (χ1n) is 9.07. The minimum atomic E-state index is 1.15. The first kappa shape index (κ1) is 15.7. The highest BCUT2D eigenvalue weighted by Crippen LogP contribution is 2.36. The van der Waals surface area contributed by atoms with Gasteiger partial charge in [-0.05, 0) is 51.7 Å². The molecule has 0 aliphatic rings. The molecule has 27 heavy (non-hydrogen) atoms. The van der Waals surface area contributed by atoms with Crippen LogP contribution in [0.3, 0.4) is 0 Å². The molecule has 0 saturated carbocycles. The Bertz CT molecular complexity index is 1310. The van der Waals surface area contributed by atoms with Crippen LogP contribution in [0, 0.1) is 0 Å². The number of aromatic amines is 1. The van der Waals surface area contributed by atoms with Gasteiger partial charge in [0.1, 0.15) is 0 Å². The van der Waals surface area contributed by atoms with Gasteiger partial charge in [-0.15, -0.1) is 0 Å². The number of H-pyrrole nitrogens is 1. The molecule has 1 heterocycles. The molecule has 0 unspecified atom stereocenters. The van der Waals surface area contributed by atoms with E-state index in [1.54, 1.807) is 13.4 Å². The SMILES string of the molecule is CO/C=C/c1ccc2ccccc2c1-c1ccc2[nH]c3ccccc3c2c1. The van der Waals surface area contributed by atoms with Gasteiger partial charge in [0.25, 0.3) is 0 Å². The molecule has 2 heteroatoms. The molecular weight excluding hydrogens is 330 g/mol. The Morgan fingerprint density at radius 1 is 0.741 bits per heavy atom. The summed E-state index contributed by atoms with van der Waals surface area (Å²) in [5.74, 6) is 0. The van der Waals surface area contributed by atoms with Crippen molar-refractivity contribution in [3.63, 3.8) is 0 Å². The van der Waals surface area contributed by atoms with E-state index < -0.39 is 0 Å². The van der Waals surface area contributed by atoms with Gasteiger partial charge in [0, 0.05) is 21.8 Å². The molecule has 1 N–H and O–H groups in total. The van der Waals surface area contributed by atoms with E-state index in [1.165, 1.54) is 38.2 Å². The van der Waals surface area contributed by atoms with Crippen LogP contribution in [0.2, 0.25) is 0 Å². The van der Waals surface area contributed by atoms with Crippen molar-refractivity contribution in [2.75, 3.05) is 7.11 Å². The first-order chi connectivity index (χ1) is 13.3. The van der Waals surface area contributed by atoms with Gasteiger partial charge >= 0.3 is 0 Å². The van der Waals surface area contributed by atoms with E-state index in [4.69, 9.17) is 4.74 Å². The molecule has 0 bridgehead atoms. The van der Waals surface area contributed by atoms with Crippen LogP contribution < -0.4 is 0 Å². The van der Waals surface area contributed by atoms with E-state index in [1.807, 2.05) is 6.08 Å². The van der Waals surface area contributed by atoms with Crippen molar-refractivity contribution >= 4 is 38.7 Å². The van der Waals surface area contributed by atoms with Gasteiger partial charge in [-0.1, -0.05) is 60.7 Å². The Morgan fingerprint density at radius 2 is 1.52 bits per heavy atom. The van der Waals surface area contributed by atoms with Crippen molar-refractivity contribution in [2.24, 2.45) is 0 Å². The van der Waals surface area contributed by atoms with Crippen LogP contribution in [-0.4, -0.2) is 12.1 Å². The predicted octanol–water partition coefficient (Wildman–Crippen LogP) is 6.76. The van der Waals surface area contributed by atoms with Gasteiger partial charge in [-0.2, -0.15) is 0 Å². The third-order valence-electron chi connectivity index (χ3n) is 5.14. The van der Waals surface area contributed by atoms with E-state index in [0.717, 1.165) is 11.1 Å². The van der Waals surface area contributed by atoms with Crippen LogP contribution in [0.25, 0.3) is 49.8 Å². The fraction of sp³-hybridized carbons (Fsp3) is 0.0400. The molecule has 2 nitrogen and oxygen atoms in total. The Hall–Kier alpha value is -3.52. The minimum Gasteiger partial charge on any atom is -0.504 e. The number of methoxy groups -OCH3 is 1. The van der Waals surface area contributed by atoms with Crippen LogP contribution in [-0.2, 0) is 4.74 Å². The molecule has 0 fully saturated rings. The van der Waals surface area contributed by atoms with E-state index >= 15 is 0 Å². The molecule has 0 aliphatic heterocycles. The maximum Gasteiger partial charge on any atom is 0.0830 e. The van der Waals surface area contributed by atoms with E-state index in [2.05, 4.69) is 83.8 Å². The summed E-state index contributed by atoms with van der Waals surface area (Å²) in [5, 5.41) is 4.98. The summed E-state index contributed by atoms with van der Waals surface area (Å²) in [7, 11) is 1.68. The predicted molar refractivity (Wildman–Crippen MR) is 115 cm³/mol. The zero-order valence-corrected chi connectivity index (χ0v) is 15.1. The van der Waals surface area contributed by atoms with E-state index in [0.29, 0.717) is 0 Å². The Balaban J connectivity index is 1.84. The number of benzene rings is 4. The average molecular weight is 349 g/mol. The van der Waals surface area contributed by atoms with Gasteiger partial charge < -0.3 is 9.72 Å². The second-order valence-electron chi connectivity index (χ2n) is 6.72. The molecule has 1 aromatic heterocycles. The highest BCUT2D eigenvalue weighted by molar-refractivity contribution is 6.10. The van der Waals surface area contributed by atoms with Gasteiger partial charge in [-0.3, -0.25) is 0 Å². The summed E-state index contributed by atoms with van der Waals surface area (Å²) < 4.78 is 5.18. The number of nitrogens with one attached hydrogen (secondary N) is 1. The number of hydrogen-bond acceptors (Lipinski definition) is 1. The molecule has 0 spiro atoms. The Morgan fingerprint density at radius 3 is 2.41 bits per heavy atom. The van der Waals surface area contributed by atoms with Gasteiger partial charge in [0.05, 0.1) is 13.4 Å². The van der Waals surface area contributed by atoms with Crippen molar-refractivity contribution < 1.29 is 4.74 Å². The summed E-state index contributed by atoms with van der Waals surface area (Å²) in [6.45, 7) is 0. The molecule has 0 saturated heterocycles. The summed E-state index contributed by atoms with van der Waals surface area (Å²) in [6.07, 6.45) is 3.76. The summed E-state index contributed by atoms with van der Waals surface area (Å²) in [4.78, 5) is 3.51. The third-order valence-corrected chi connectivity index (χ3v) is 5.14. The number of fused-ring (bicyclic) bond motifs is 4. The lowest BCUT2D eigenvalue weighted by atomic mass is 9.92. The van der Waals surface area contributed by atoms with Crippen LogP contribution in [0.1, 0.15) is 5.56 Å². The second-order valence-corrected chi connectivity index (χ2v) is 6.72. The standard InChI is InChI=1S/C25H19NO/c1-27-15-14-18-11-10-17-6-2-3-7-20(17)25(18)19-12-13-24-22(16-19)21-8-4-5-9-23(21)26-24/h2-16,26H,1H3/b15-14+. The molecule has 0 amide bonds. The largest absolute Gasteiger partial charge is 0.504 e. The van der Waals surface area contributed by atoms with Gasteiger partial charge in [0.15, 0.2) is 0 Å². The normalized spacial score (nSPS) is 11.7. The van der Waals surface area contributed by atoms with Crippen molar-refractivity contribution in [1.29, 1.82) is 0 Å². The fourth-order valence-electron chi connectivity index (χ4n) is 3.89. The highest BCUT2D eigenvalue weighted by Gasteiger charge is 2.11. The van der Waals surface area contributed by atoms with E-state index in [-0.39, 0.29) is 0 Å². The van der Waals surface area contributed by atoms with Crippen LogP contribution in [0.15, 0.2) is 85.1 Å². The molecule has 0 radical (unpaired) electrons. The molecule has 4 aromatic carbocycles. The molecular formula is C25H19NO. The maximum atomic E-state index is 5.18. The topological polar surface area (TPSA) is 25.0 Å². The van der Waals surface area contributed by atoms with Crippen molar-refractivity contribution in [1.82, 2.24) is 4.98 Å². The fourth-order valence-corrected chi connectivity index (χ4v) is 3.89. The van der Waals surface area contributed by atoms with E-state index in [9.17, 15) is 0 Å². The molecule has 130 valence electrons. The average Bonchev–Trinajstić information content (AvgIpc) is 3.09. The van der Waals surface area contributed by atoms with Gasteiger partial charge in [-0.25, -0.2) is 0 Å². The second kappa shape index (κ2) is 6.33. The molecule has 5 rings (SSSR count). The first-order valence-corrected chi connectivity index (χ1v) is 9.07. The van der Waals surface area contributed by atoms with Crippen molar-refractivity contribution in [2.45, 2.75) is 0 Å². The smallest absolute Gasteiger partial charge is 0.0830 e. The monoisotopic (exact) mass is 349 g/mol. The molecule has 0 aliphatic carbocycles. The number of rotatable bonds is 3. The molecule has 0 atom stereocenters. The van der Waals surface area contributed by atoms with Crippen molar-refractivity contribution in [3.05, 3.63) is 90.7 Å². The summed E-state index contributed by atoms with van der Waals surface area (Å²) >= 11 is 0. The summed E-state index contributed by atoms with van der Waals surface area (Å²) in [6, 6.07) is 28.0. The quantitative estimate of drug-likeness (QED) is 0.358. The van der Waals surface area contributed by atoms with Crippen LogP contribution >= 0.6 is 0 Å². The Kier molecular flexibility index (Phi) is 3.68. The van der Waals surface area contributed by atoms with Crippen molar-refractivity contribution in [3.8, 4) is 11.1 Å². The van der Waals surface area contributed by atoms with Crippen LogP contribution in [0.5, 0.6) is 0 Å². The Labute approximate surface area is 157 Å². The zero-order valence-electron chi connectivity index (χ0n) is 15.1. The number of ether oxygens (including phenoxy) is 1. The van der Waals surface area contributed by atoms with Crippen LogP contribution in [0.4, 0.5) is 0 Å². The lowest BCUT2D eigenvalue weighted by Gasteiger charge is -2.12. The number of hydrogen-bond donors (Lipinski definition) is 1. The lowest BCUT2D eigenvalue weighted by Crippen LogP contribution is -1.87. The zero-order chi connectivity index (χ0) is 18.2. The molecule has 5 aromatic rings. The maximum absolute atomic E-state index is 5.18. The van der Waals surface area contributed by atoms with Gasteiger partial charge in [0.2, 0.25) is 0 Å². The third kappa shape index (κ3) is 2.58. The minimum absolute atomic E-state index is 1.15.